The van der Waals surface area contributed by atoms with E-state index in [1.807, 2.05) is 30.3 Å². The van der Waals surface area contributed by atoms with Crippen molar-refractivity contribution in [1.82, 2.24) is 19.6 Å². The Bertz CT molecular complexity index is 1770. The molecule has 0 amide bonds. The van der Waals surface area contributed by atoms with E-state index in [4.69, 9.17) is 14.9 Å². The molecule has 0 saturated heterocycles. The zero-order chi connectivity index (χ0) is 29.7. The van der Waals surface area contributed by atoms with Crippen molar-refractivity contribution >= 4 is 45.3 Å². The number of hydrogen-bond acceptors (Lipinski definition) is 8. The van der Waals surface area contributed by atoms with Gasteiger partial charge in [0.15, 0.2) is 11.6 Å². The number of phenolic OH excluding ortho intramolecular Hbond substituents is 1. The van der Waals surface area contributed by atoms with Crippen molar-refractivity contribution in [2.75, 3.05) is 0 Å². The summed E-state index contributed by atoms with van der Waals surface area (Å²) in [6.45, 7) is 2.54. The lowest BCUT2D eigenvalue weighted by Gasteiger charge is -2.07. The van der Waals surface area contributed by atoms with E-state index in [2.05, 4.69) is 10.2 Å². The molecule has 0 saturated carbocycles. The van der Waals surface area contributed by atoms with E-state index in [1.165, 1.54) is 41.4 Å². The predicted molar refractivity (Wildman–Crippen MR) is 147 cm³/mol. The highest BCUT2D eigenvalue weighted by atomic mass is 16.5. The topological polar surface area (TPSA) is 174 Å². The first-order valence-electron chi connectivity index (χ1n) is 12.4. The van der Waals surface area contributed by atoms with Gasteiger partial charge in [0.2, 0.25) is 0 Å². The molecule has 0 aliphatic carbocycles. The van der Waals surface area contributed by atoms with Crippen molar-refractivity contribution in [2.45, 2.75) is 33.5 Å². The highest BCUT2D eigenvalue weighted by Gasteiger charge is 2.17. The van der Waals surface area contributed by atoms with Crippen molar-refractivity contribution in [1.29, 1.82) is 0 Å². The maximum atomic E-state index is 11.8. The van der Waals surface area contributed by atoms with E-state index in [0.717, 1.165) is 5.56 Å². The molecular weight excluding hydrogens is 532 g/mol. The Balaban J connectivity index is 0.000000201. The quantitative estimate of drug-likeness (QED) is 0.225. The van der Waals surface area contributed by atoms with Gasteiger partial charge in [-0.3, -0.25) is 28.5 Å². The van der Waals surface area contributed by atoms with E-state index >= 15 is 0 Å². The Kier molecular flexibility index (Phi) is 8.42. The SMILES string of the molecule is CC(=O)c1nn(CC(=O)O)c2ccc(O)cc12.CC(=O)c1nn(CC(=O)O)c2ccc(OCc3ccccc3)cc12. The summed E-state index contributed by atoms with van der Waals surface area (Å²) in [6.07, 6.45) is 0. The van der Waals surface area contributed by atoms with Crippen LogP contribution in [0.2, 0.25) is 0 Å². The van der Waals surface area contributed by atoms with E-state index in [-0.39, 0.29) is 41.8 Å². The first-order valence-corrected chi connectivity index (χ1v) is 12.4. The van der Waals surface area contributed by atoms with Crippen LogP contribution in [0.1, 0.15) is 40.4 Å². The summed E-state index contributed by atoms with van der Waals surface area (Å²) in [5.74, 6) is -1.94. The van der Waals surface area contributed by atoms with E-state index in [0.29, 0.717) is 34.2 Å². The van der Waals surface area contributed by atoms with Crippen LogP contribution >= 0.6 is 0 Å². The average Bonchev–Trinajstić information content (AvgIpc) is 3.45. The molecule has 0 atom stereocenters. The van der Waals surface area contributed by atoms with Crippen LogP contribution in [0.15, 0.2) is 66.7 Å². The number of aromatic hydroxyl groups is 1. The Hall–Kier alpha value is -5.52. The Labute approximate surface area is 233 Å². The summed E-state index contributed by atoms with van der Waals surface area (Å²) in [6, 6.07) is 19.3. The predicted octanol–water partition coefficient (Wildman–Crippen LogP) is 3.93. The van der Waals surface area contributed by atoms with Gasteiger partial charge < -0.3 is 20.1 Å². The van der Waals surface area contributed by atoms with Crippen LogP contribution in [0.5, 0.6) is 11.5 Å². The minimum Gasteiger partial charge on any atom is -0.508 e. The molecule has 210 valence electrons. The molecule has 2 aromatic heterocycles. The van der Waals surface area contributed by atoms with Crippen LogP contribution in [-0.4, -0.2) is 58.4 Å². The number of Topliss-reactive ketones (excluding diaryl/α,β-unsaturated/α-hetero) is 2. The smallest absolute Gasteiger partial charge is 0.325 e. The first kappa shape index (κ1) is 28.5. The largest absolute Gasteiger partial charge is 0.508 e. The van der Waals surface area contributed by atoms with Crippen LogP contribution in [-0.2, 0) is 29.3 Å². The van der Waals surface area contributed by atoms with Gasteiger partial charge in [-0.2, -0.15) is 10.2 Å². The third-order valence-corrected chi connectivity index (χ3v) is 5.94. The lowest BCUT2D eigenvalue weighted by molar-refractivity contribution is -0.138. The standard InChI is InChI=1S/C18H16N2O4.C11H10N2O4/c1-12(21)18-15-9-14(24-11-13-5-3-2-4-6-13)7-8-16(15)20(19-18)10-17(22)23;1-6(14)11-8-4-7(15)2-3-9(8)13(12-11)5-10(16)17/h2-9H,10-11H2,1H3,(H,22,23);2-4,15H,5H2,1H3,(H,16,17). The van der Waals surface area contributed by atoms with Gasteiger partial charge in [0.25, 0.3) is 0 Å². The zero-order valence-corrected chi connectivity index (χ0v) is 22.1. The number of carbonyl (C=O) groups is 4. The molecule has 5 rings (SSSR count). The molecule has 2 heterocycles. The van der Waals surface area contributed by atoms with Gasteiger partial charge in [0.1, 0.15) is 42.6 Å². The number of hydrogen-bond donors (Lipinski definition) is 3. The van der Waals surface area contributed by atoms with E-state index in [1.54, 1.807) is 18.2 Å². The van der Waals surface area contributed by atoms with Crippen molar-refractivity contribution in [3.63, 3.8) is 0 Å². The number of ether oxygens (including phenoxy) is 1. The summed E-state index contributed by atoms with van der Waals surface area (Å²) in [7, 11) is 0. The number of ketones is 2. The van der Waals surface area contributed by atoms with Crippen LogP contribution in [0.25, 0.3) is 21.8 Å². The fraction of sp³-hybridized carbons (Fsp3) is 0.172. The molecule has 0 radical (unpaired) electrons. The lowest BCUT2D eigenvalue weighted by atomic mass is 10.1. The number of carboxylic acids is 2. The van der Waals surface area contributed by atoms with Crippen LogP contribution in [0.4, 0.5) is 0 Å². The second-order valence-corrected chi connectivity index (χ2v) is 9.07. The first-order chi connectivity index (χ1) is 19.5. The molecule has 0 spiro atoms. The van der Waals surface area contributed by atoms with Gasteiger partial charge in [0.05, 0.1) is 11.0 Å². The van der Waals surface area contributed by atoms with Gasteiger partial charge in [-0.25, -0.2) is 0 Å². The second kappa shape index (κ2) is 12.1. The highest BCUT2D eigenvalue weighted by Crippen LogP contribution is 2.26. The molecule has 0 aliphatic rings. The van der Waals surface area contributed by atoms with Crippen molar-refractivity contribution in [3.8, 4) is 11.5 Å². The summed E-state index contributed by atoms with van der Waals surface area (Å²) < 4.78 is 8.31. The second-order valence-electron chi connectivity index (χ2n) is 9.07. The maximum absolute atomic E-state index is 11.8. The minimum atomic E-state index is -1.04. The van der Waals surface area contributed by atoms with Crippen molar-refractivity contribution in [3.05, 3.63) is 83.7 Å². The molecule has 0 unspecified atom stereocenters. The average molecular weight is 559 g/mol. The minimum absolute atomic E-state index is 0.00914. The number of rotatable bonds is 9. The van der Waals surface area contributed by atoms with Crippen molar-refractivity contribution < 1.29 is 39.2 Å². The summed E-state index contributed by atoms with van der Waals surface area (Å²) in [4.78, 5) is 44.8. The van der Waals surface area contributed by atoms with Crippen LogP contribution in [0.3, 0.4) is 0 Å². The molecule has 12 heteroatoms. The molecule has 12 nitrogen and oxygen atoms in total. The maximum Gasteiger partial charge on any atom is 0.325 e. The highest BCUT2D eigenvalue weighted by molar-refractivity contribution is 6.06. The number of fused-ring (bicyclic) bond motifs is 2. The Morgan fingerprint density at radius 3 is 1.76 bits per heavy atom. The zero-order valence-electron chi connectivity index (χ0n) is 22.1. The number of aromatic nitrogens is 4. The molecule has 0 aliphatic heterocycles. The van der Waals surface area contributed by atoms with Gasteiger partial charge in [-0.15, -0.1) is 0 Å². The molecule has 0 bridgehead atoms. The van der Waals surface area contributed by atoms with E-state index in [9.17, 15) is 24.3 Å². The fourth-order valence-electron chi connectivity index (χ4n) is 4.17. The fourth-order valence-corrected chi connectivity index (χ4v) is 4.17. The molecule has 3 aromatic carbocycles. The number of carbonyl (C=O) groups excluding carboxylic acids is 2. The monoisotopic (exact) mass is 558 g/mol. The summed E-state index contributed by atoms with van der Waals surface area (Å²) in [5.41, 5.74) is 2.55. The summed E-state index contributed by atoms with van der Waals surface area (Å²) >= 11 is 0. The lowest BCUT2D eigenvalue weighted by Crippen LogP contribution is -2.10. The number of benzene rings is 3. The van der Waals surface area contributed by atoms with Gasteiger partial charge in [-0.1, -0.05) is 30.3 Å². The van der Waals surface area contributed by atoms with E-state index < -0.39 is 11.9 Å². The molecule has 3 N–H and O–H groups in total. The molecule has 0 fully saturated rings. The number of carboxylic acid groups (broad SMARTS) is 2. The number of nitrogens with zero attached hydrogens (tertiary/aromatic N) is 4. The molecular formula is C29H26N4O8. The summed E-state index contributed by atoms with van der Waals surface area (Å²) in [5, 5.41) is 36.2. The molecule has 5 aromatic rings. The third kappa shape index (κ3) is 6.74. The van der Waals surface area contributed by atoms with Crippen LogP contribution < -0.4 is 4.74 Å². The number of aliphatic carboxylic acids is 2. The number of phenols is 1. The van der Waals surface area contributed by atoms with Crippen molar-refractivity contribution in [2.24, 2.45) is 0 Å². The third-order valence-electron chi connectivity index (χ3n) is 5.94. The van der Waals surface area contributed by atoms with Crippen LogP contribution in [0, 0.1) is 0 Å². The van der Waals surface area contributed by atoms with Gasteiger partial charge in [0, 0.05) is 24.6 Å². The van der Waals surface area contributed by atoms with Gasteiger partial charge >= 0.3 is 11.9 Å². The Morgan fingerprint density at radius 2 is 1.24 bits per heavy atom. The van der Waals surface area contributed by atoms with Gasteiger partial charge in [-0.05, 0) is 42.0 Å². The molecule has 41 heavy (non-hydrogen) atoms. The Morgan fingerprint density at radius 1 is 0.732 bits per heavy atom. The normalized spacial score (nSPS) is 10.7.